The number of amides is 1. The van der Waals surface area contributed by atoms with E-state index < -0.39 is 5.97 Å². The minimum absolute atomic E-state index is 0.0631. The van der Waals surface area contributed by atoms with Crippen molar-refractivity contribution in [3.8, 4) is 0 Å². The van der Waals surface area contributed by atoms with E-state index in [9.17, 15) is 14.4 Å². The second kappa shape index (κ2) is 5.00. The summed E-state index contributed by atoms with van der Waals surface area (Å²) in [5, 5.41) is 0. The SMILES string of the molecule is COC(=O)c1ccccc1N1CCC(=O)CC1=O. The van der Waals surface area contributed by atoms with Crippen molar-refractivity contribution in [3.63, 3.8) is 0 Å². The highest BCUT2D eigenvalue weighted by molar-refractivity contribution is 6.11. The van der Waals surface area contributed by atoms with Gasteiger partial charge in [-0.3, -0.25) is 9.59 Å². The van der Waals surface area contributed by atoms with Crippen molar-refractivity contribution in [2.24, 2.45) is 0 Å². The molecule has 94 valence electrons. The van der Waals surface area contributed by atoms with E-state index >= 15 is 0 Å². The van der Waals surface area contributed by atoms with E-state index in [2.05, 4.69) is 4.74 Å². The average molecular weight is 247 g/mol. The molecular weight excluding hydrogens is 234 g/mol. The fraction of sp³-hybridized carbons (Fsp3) is 0.308. The van der Waals surface area contributed by atoms with E-state index in [1.807, 2.05) is 0 Å². The Morgan fingerprint density at radius 1 is 1.28 bits per heavy atom. The zero-order chi connectivity index (χ0) is 13.1. The molecule has 0 N–H and O–H groups in total. The number of Topliss-reactive ketones (excluding diaryl/α,β-unsaturated/α-hetero) is 1. The molecule has 1 saturated heterocycles. The summed E-state index contributed by atoms with van der Waals surface area (Å²) in [6.07, 6.45) is 0.219. The average Bonchev–Trinajstić information content (AvgIpc) is 2.38. The smallest absolute Gasteiger partial charge is 0.339 e. The molecule has 5 nitrogen and oxygen atoms in total. The maximum Gasteiger partial charge on any atom is 0.339 e. The Bertz CT molecular complexity index is 509. The summed E-state index contributed by atoms with van der Waals surface area (Å²) in [5.74, 6) is -0.829. The highest BCUT2D eigenvalue weighted by Gasteiger charge is 2.27. The van der Waals surface area contributed by atoms with Crippen molar-refractivity contribution in [2.75, 3.05) is 18.6 Å². The number of hydrogen-bond acceptors (Lipinski definition) is 4. The zero-order valence-corrected chi connectivity index (χ0v) is 10.0. The number of carbonyl (C=O) groups excluding carboxylic acids is 3. The summed E-state index contributed by atoms with van der Waals surface area (Å²) in [6.45, 7) is 0.311. The van der Waals surface area contributed by atoms with Crippen LogP contribution in [0.25, 0.3) is 0 Å². The fourth-order valence-corrected chi connectivity index (χ4v) is 1.96. The highest BCUT2D eigenvalue weighted by Crippen LogP contribution is 2.24. The van der Waals surface area contributed by atoms with Crippen LogP contribution in [0.4, 0.5) is 5.69 Å². The monoisotopic (exact) mass is 247 g/mol. The molecule has 1 aliphatic rings. The summed E-state index contributed by atoms with van der Waals surface area (Å²) >= 11 is 0. The lowest BCUT2D eigenvalue weighted by Crippen LogP contribution is -2.39. The van der Waals surface area contributed by atoms with Gasteiger partial charge in [-0.05, 0) is 12.1 Å². The van der Waals surface area contributed by atoms with Crippen LogP contribution in [0.2, 0.25) is 0 Å². The Hall–Kier alpha value is -2.17. The summed E-state index contributed by atoms with van der Waals surface area (Å²) in [6, 6.07) is 6.73. The molecule has 0 saturated carbocycles. The summed E-state index contributed by atoms with van der Waals surface area (Å²) in [5.41, 5.74) is 0.838. The van der Waals surface area contributed by atoms with Gasteiger partial charge in [0, 0.05) is 13.0 Å². The number of piperidine rings is 1. The predicted octanol–water partition coefficient (Wildman–Crippen LogP) is 1.17. The molecule has 5 heteroatoms. The number of esters is 1. The molecule has 0 atom stereocenters. The van der Waals surface area contributed by atoms with E-state index in [0.29, 0.717) is 24.2 Å². The van der Waals surface area contributed by atoms with Crippen LogP contribution in [-0.4, -0.2) is 31.3 Å². The predicted molar refractivity (Wildman–Crippen MR) is 64.4 cm³/mol. The molecule has 1 aliphatic heterocycles. The van der Waals surface area contributed by atoms with Gasteiger partial charge in [0.15, 0.2) is 0 Å². The molecule has 2 rings (SSSR count). The molecule has 1 aromatic rings. The first-order chi connectivity index (χ1) is 8.63. The number of carbonyl (C=O) groups is 3. The van der Waals surface area contributed by atoms with Crippen molar-refractivity contribution in [2.45, 2.75) is 12.8 Å². The van der Waals surface area contributed by atoms with Gasteiger partial charge in [0.2, 0.25) is 5.91 Å². The summed E-state index contributed by atoms with van der Waals surface area (Å²) in [4.78, 5) is 36.1. The van der Waals surface area contributed by atoms with E-state index in [4.69, 9.17) is 0 Å². The number of anilines is 1. The number of nitrogens with zero attached hydrogens (tertiary/aromatic N) is 1. The third kappa shape index (κ3) is 2.25. The number of hydrogen-bond donors (Lipinski definition) is 0. The lowest BCUT2D eigenvalue weighted by Gasteiger charge is -2.27. The number of ether oxygens (including phenoxy) is 1. The minimum Gasteiger partial charge on any atom is -0.465 e. The highest BCUT2D eigenvalue weighted by atomic mass is 16.5. The van der Waals surface area contributed by atoms with Crippen molar-refractivity contribution in [3.05, 3.63) is 29.8 Å². The Kier molecular flexibility index (Phi) is 3.41. The molecular formula is C13H13NO4. The first-order valence-electron chi connectivity index (χ1n) is 5.63. The minimum atomic E-state index is -0.490. The molecule has 0 unspecified atom stereocenters. The van der Waals surface area contributed by atoms with Crippen LogP contribution < -0.4 is 4.90 Å². The van der Waals surface area contributed by atoms with Crippen LogP contribution in [-0.2, 0) is 14.3 Å². The lowest BCUT2D eigenvalue weighted by molar-refractivity contribution is -0.128. The van der Waals surface area contributed by atoms with Crippen LogP contribution >= 0.6 is 0 Å². The molecule has 1 heterocycles. The second-order valence-corrected chi connectivity index (χ2v) is 4.02. The Balaban J connectivity index is 2.36. The van der Waals surface area contributed by atoms with Gasteiger partial charge in [0.25, 0.3) is 0 Å². The van der Waals surface area contributed by atoms with Crippen LogP contribution in [0.3, 0.4) is 0 Å². The van der Waals surface area contributed by atoms with Crippen molar-refractivity contribution >= 4 is 23.3 Å². The normalized spacial score (nSPS) is 15.7. The third-order valence-corrected chi connectivity index (χ3v) is 2.86. The first-order valence-corrected chi connectivity index (χ1v) is 5.63. The number of ketones is 1. The van der Waals surface area contributed by atoms with Gasteiger partial charge in [-0.2, -0.15) is 0 Å². The molecule has 0 bridgehead atoms. The van der Waals surface area contributed by atoms with Crippen LogP contribution in [0.15, 0.2) is 24.3 Å². The molecule has 18 heavy (non-hydrogen) atoms. The van der Waals surface area contributed by atoms with Gasteiger partial charge in [-0.1, -0.05) is 12.1 Å². The number of rotatable bonds is 2. The van der Waals surface area contributed by atoms with E-state index in [1.54, 1.807) is 24.3 Å². The molecule has 0 radical (unpaired) electrons. The van der Waals surface area contributed by atoms with Gasteiger partial charge in [0.1, 0.15) is 5.78 Å². The zero-order valence-electron chi connectivity index (χ0n) is 10.0. The third-order valence-electron chi connectivity index (χ3n) is 2.86. The molecule has 0 spiro atoms. The fourth-order valence-electron chi connectivity index (χ4n) is 1.96. The number of methoxy groups -OCH3 is 1. The van der Waals surface area contributed by atoms with Gasteiger partial charge in [-0.15, -0.1) is 0 Å². The Morgan fingerprint density at radius 3 is 2.67 bits per heavy atom. The topological polar surface area (TPSA) is 63.7 Å². The molecule has 1 fully saturated rings. The Morgan fingerprint density at radius 2 is 2.00 bits per heavy atom. The standard InChI is InChI=1S/C13H13NO4/c1-18-13(17)10-4-2-3-5-11(10)14-7-6-9(15)8-12(14)16/h2-5H,6-8H2,1H3. The summed E-state index contributed by atoms with van der Waals surface area (Å²) < 4.78 is 4.68. The largest absolute Gasteiger partial charge is 0.465 e. The number of benzene rings is 1. The molecule has 0 aliphatic carbocycles. The van der Waals surface area contributed by atoms with Crippen LogP contribution in [0.5, 0.6) is 0 Å². The maximum absolute atomic E-state index is 11.8. The molecule has 1 aromatic carbocycles. The van der Waals surface area contributed by atoms with Crippen molar-refractivity contribution in [1.82, 2.24) is 0 Å². The van der Waals surface area contributed by atoms with Crippen LogP contribution in [0, 0.1) is 0 Å². The van der Waals surface area contributed by atoms with Crippen molar-refractivity contribution < 1.29 is 19.1 Å². The van der Waals surface area contributed by atoms with Gasteiger partial charge < -0.3 is 9.64 Å². The van der Waals surface area contributed by atoms with E-state index in [0.717, 1.165) is 0 Å². The number of para-hydroxylation sites is 1. The van der Waals surface area contributed by atoms with E-state index in [-0.39, 0.29) is 18.1 Å². The second-order valence-electron chi connectivity index (χ2n) is 4.02. The molecule has 1 amide bonds. The molecule has 0 aromatic heterocycles. The van der Waals surface area contributed by atoms with Crippen LogP contribution in [0.1, 0.15) is 23.2 Å². The maximum atomic E-state index is 11.8. The Labute approximate surface area is 104 Å². The van der Waals surface area contributed by atoms with Gasteiger partial charge >= 0.3 is 5.97 Å². The van der Waals surface area contributed by atoms with E-state index in [1.165, 1.54) is 12.0 Å². The van der Waals surface area contributed by atoms with Crippen molar-refractivity contribution in [1.29, 1.82) is 0 Å². The lowest BCUT2D eigenvalue weighted by atomic mass is 10.1. The van der Waals surface area contributed by atoms with Gasteiger partial charge in [0.05, 0.1) is 24.8 Å². The first kappa shape index (κ1) is 12.3. The quantitative estimate of drug-likeness (QED) is 0.581. The summed E-state index contributed by atoms with van der Waals surface area (Å²) in [7, 11) is 1.29. The van der Waals surface area contributed by atoms with Gasteiger partial charge in [-0.25, -0.2) is 4.79 Å².